The van der Waals surface area contributed by atoms with Gasteiger partial charge < -0.3 is 5.11 Å². The number of fused-ring (bicyclic) bond motifs is 1. The van der Waals surface area contributed by atoms with Gasteiger partial charge in [-0.05, 0) is 55.7 Å². The second-order valence-corrected chi connectivity index (χ2v) is 7.40. The van der Waals surface area contributed by atoms with Crippen LogP contribution in [0, 0.1) is 0 Å². The molecule has 21 heavy (non-hydrogen) atoms. The molecule has 0 bridgehead atoms. The molecule has 1 aromatic carbocycles. The lowest BCUT2D eigenvalue weighted by Gasteiger charge is -2.44. The first-order chi connectivity index (χ1) is 9.86. The minimum atomic E-state index is -0.709. The van der Waals surface area contributed by atoms with Crippen LogP contribution >= 0.6 is 0 Å². The van der Waals surface area contributed by atoms with Crippen molar-refractivity contribution in [3.05, 3.63) is 35.4 Å². The second kappa shape index (κ2) is 4.84. The topological polar surface area (TPSA) is 40.5 Å². The summed E-state index contributed by atoms with van der Waals surface area (Å²) in [4.78, 5) is 14.0. The number of likely N-dealkylation sites (tertiary alicyclic amines) is 1. The zero-order chi connectivity index (χ0) is 15.3. The van der Waals surface area contributed by atoms with Crippen molar-refractivity contribution in [1.29, 1.82) is 0 Å². The molecule has 1 N–H and O–H groups in total. The maximum atomic E-state index is 11.8. The quantitative estimate of drug-likeness (QED) is 0.901. The molecule has 1 aromatic rings. The number of nitrogens with zero attached hydrogens (tertiary/aromatic N) is 1. The average molecular weight is 287 g/mol. The van der Waals surface area contributed by atoms with Crippen LogP contribution < -0.4 is 0 Å². The van der Waals surface area contributed by atoms with Gasteiger partial charge in [0, 0.05) is 6.04 Å². The largest absolute Gasteiger partial charge is 0.480 e. The lowest BCUT2D eigenvalue weighted by Crippen LogP contribution is -2.50. The van der Waals surface area contributed by atoms with Crippen LogP contribution in [0.4, 0.5) is 0 Å². The molecule has 3 rings (SSSR count). The summed E-state index contributed by atoms with van der Waals surface area (Å²) in [6.45, 7) is 7.37. The fourth-order valence-electron chi connectivity index (χ4n) is 4.23. The van der Waals surface area contributed by atoms with Gasteiger partial charge >= 0.3 is 5.97 Å². The third-order valence-electron chi connectivity index (χ3n) is 5.63. The molecule has 2 aliphatic rings. The number of carboxylic acids is 1. The molecule has 0 saturated carbocycles. The Hall–Kier alpha value is -1.35. The van der Waals surface area contributed by atoms with Gasteiger partial charge in [-0.25, -0.2) is 0 Å². The summed E-state index contributed by atoms with van der Waals surface area (Å²) in [6.07, 6.45) is 3.89. The molecule has 1 fully saturated rings. The predicted molar refractivity (Wildman–Crippen MR) is 83.4 cm³/mol. The summed E-state index contributed by atoms with van der Waals surface area (Å²) in [6, 6.07) is 8.85. The molecular weight excluding hydrogens is 262 g/mol. The minimum Gasteiger partial charge on any atom is -0.480 e. The van der Waals surface area contributed by atoms with Crippen molar-refractivity contribution >= 4 is 5.97 Å². The Kier molecular flexibility index (Phi) is 3.36. The van der Waals surface area contributed by atoms with Crippen molar-refractivity contribution < 1.29 is 9.90 Å². The zero-order valence-electron chi connectivity index (χ0n) is 13.2. The number of rotatable bonds is 2. The molecule has 1 aliphatic carbocycles. The summed E-state index contributed by atoms with van der Waals surface area (Å²) < 4.78 is 0. The van der Waals surface area contributed by atoms with E-state index in [2.05, 4.69) is 43.0 Å². The van der Waals surface area contributed by atoms with Gasteiger partial charge in [-0.2, -0.15) is 0 Å². The third kappa shape index (κ3) is 2.18. The van der Waals surface area contributed by atoms with E-state index in [4.69, 9.17) is 0 Å². The van der Waals surface area contributed by atoms with Gasteiger partial charge in [0.15, 0.2) is 0 Å². The maximum Gasteiger partial charge on any atom is 0.323 e. The van der Waals surface area contributed by atoms with E-state index in [0.29, 0.717) is 0 Å². The third-order valence-corrected chi connectivity index (χ3v) is 5.63. The van der Waals surface area contributed by atoms with Crippen molar-refractivity contribution in [3.63, 3.8) is 0 Å². The summed E-state index contributed by atoms with van der Waals surface area (Å²) in [5.41, 5.74) is 2.20. The van der Waals surface area contributed by atoms with E-state index < -0.39 is 11.5 Å². The highest BCUT2D eigenvalue weighted by atomic mass is 16.4. The molecule has 0 radical (unpaired) electrons. The average Bonchev–Trinajstić information content (AvgIpc) is 2.83. The van der Waals surface area contributed by atoms with Crippen molar-refractivity contribution in [2.45, 2.75) is 63.5 Å². The number of hydrogen-bond acceptors (Lipinski definition) is 2. The van der Waals surface area contributed by atoms with Crippen molar-refractivity contribution in [1.82, 2.24) is 4.90 Å². The molecule has 0 aromatic heterocycles. The molecule has 3 heteroatoms. The molecule has 1 aliphatic heterocycles. The maximum absolute atomic E-state index is 11.8. The number of carboxylic acid groups (broad SMARTS) is 1. The Morgan fingerprint density at radius 3 is 2.67 bits per heavy atom. The first kappa shape index (κ1) is 14.6. The highest BCUT2D eigenvalue weighted by Crippen LogP contribution is 2.47. The van der Waals surface area contributed by atoms with E-state index in [-0.39, 0.29) is 11.5 Å². The summed E-state index contributed by atoms with van der Waals surface area (Å²) >= 11 is 0. The molecule has 1 heterocycles. The van der Waals surface area contributed by atoms with Gasteiger partial charge in [-0.3, -0.25) is 9.69 Å². The molecule has 2 atom stereocenters. The van der Waals surface area contributed by atoms with Gasteiger partial charge in [0.25, 0.3) is 0 Å². The molecule has 2 unspecified atom stereocenters. The number of carbonyl (C=O) groups is 1. The minimum absolute atomic E-state index is 0.187. The Labute approximate surface area is 127 Å². The SMILES string of the molecule is CC1(C)CCC(N2CCCC2(C)C(=O)O)c2ccccc21. The second-order valence-electron chi connectivity index (χ2n) is 7.40. The van der Waals surface area contributed by atoms with Gasteiger partial charge in [0.1, 0.15) is 5.54 Å². The smallest absolute Gasteiger partial charge is 0.323 e. The van der Waals surface area contributed by atoms with Crippen LogP contribution in [0.3, 0.4) is 0 Å². The zero-order valence-corrected chi connectivity index (χ0v) is 13.2. The first-order valence-corrected chi connectivity index (χ1v) is 7.96. The van der Waals surface area contributed by atoms with Crippen molar-refractivity contribution in [2.24, 2.45) is 0 Å². The lowest BCUT2D eigenvalue weighted by atomic mass is 9.70. The van der Waals surface area contributed by atoms with Crippen LogP contribution in [0.1, 0.15) is 63.6 Å². The number of benzene rings is 1. The van der Waals surface area contributed by atoms with E-state index in [1.165, 1.54) is 11.1 Å². The number of hydrogen-bond donors (Lipinski definition) is 1. The summed E-state index contributed by atoms with van der Waals surface area (Å²) in [7, 11) is 0. The molecule has 1 saturated heterocycles. The molecule has 114 valence electrons. The van der Waals surface area contributed by atoms with Crippen LogP contribution in [0.2, 0.25) is 0 Å². The van der Waals surface area contributed by atoms with E-state index >= 15 is 0 Å². The predicted octanol–water partition coefficient (Wildman–Crippen LogP) is 3.74. The van der Waals surface area contributed by atoms with Crippen molar-refractivity contribution in [2.75, 3.05) is 6.54 Å². The van der Waals surface area contributed by atoms with Gasteiger partial charge in [-0.1, -0.05) is 38.1 Å². The molecule has 0 spiro atoms. The Bertz CT molecular complexity index is 566. The summed E-state index contributed by atoms with van der Waals surface area (Å²) in [5.74, 6) is -0.678. The van der Waals surface area contributed by atoms with Crippen LogP contribution in [0.15, 0.2) is 24.3 Å². The Morgan fingerprint density at radius 1 is 1.24 bits per heavy atom. The van der Waals surface area contributed by atoms with Crippen molar-refractivity contribution in [3.8, 4) is 0 Å². The monoisotopic (exact) mass is 287 g/mol. The molecule has 3 nitrogen and oxygen atoms in total. The first-order valence-electron chi connectivity index (χ1n) is 7.96. The van der Waals surface area contributed by atoms with E-state index in [1.807, 2.05) is 6.92 Å². The van der Waals surface area contributed by atoms with Gasteiger partial charge in [0.2, 0.25) is 0 Å². The Morgan fingerprint density at radius 2 is 1.95 bits per heavy atom. The lowest BCUT2D eigenvalue weighted by molar-refractivity contribution is -0.150. The standard InChI is InChI=1S/C18H25NO2/c1-17(2)11-9-15(13-7-4-5-8-14(13)17)19-12-6-10-18(19,3)16(20)21/h4-5,7-8,15H,6,9-12H2,1-3H3,(H,20,21). The van der Waals surface area contributed by atoms with Gasteiger partial charge in [0.05, 0.1) is 0 Å². The van der Waals surface area contributed by atoms with Gasteiger partial charge in [-0.15, -0.1) is 0 Å². The van der Waals surface area contributed by atoms with Crippen LogP contribution in [-0.2, 0) is 10.2 Å². The normalized spacial score (nSPS) is 31.9. The van der Waals surface area contributed by atoms with Crippen LogP contribution in [-0.4, -0.2) is 28.1 Å². The highest BCUT2D eigenvalue weighted by Gasteiger charge is 2.48. The van der Waals surface area contributed by atoms with E-state index in [1.54, 1.807) is 0 Å². The Balaban J connectivity index is 2.03. The fraction of sp³-hybridized carbons (Fsp3) is 0.611. The van der Waals surface area contributed by atoms with Crippen LogP contribution in [0.5, 0.6) is 0 Å². The number of aliphatic carboxylic acids is 1. The fourth-order valence-corrected chi connectivity index (χ4v) is 4.23. The highest BCUT2D eigenvalue weighted by molar-refractivity contribution is 5.78. The van der Waals surface area contributed by atoms with E-state index in [9.17, 15) is 9.90 Å². The van der Waals surface area contributed by atoms with E-state index in [0.717, 1.165) is 32.2 Å². The molecular formula is C18H25NO2. The van der Waals surface area contributed by atoms with Crippen LogP contribution in [0.25, 0.3) is 0 Å². The molecule has 0 amide bonds. The summed E-state index contributed by atoms with van der Waals surface area (Å²) in [5, 5.41) is 9.68.